The van der Waals surface area contributed by atoms with Gasteiger partial charge in [-0.15, -0.1) is 0 Å². The molecule has 1 aromatic carbocycles. The third kappa shape index (κ3) is 1.99. The molecule has 1 fully saturated rings. The van der Waals surface area contributed by atoms with Gasteiger partial charge in [0.2, 0.25) is 5.88 Å². The van der Waals surface area contributed by atoms with Crippen LogP contribution in [0.5, 0.6) is 11.5 Å². The molecule has 5 heteroatoms. The fraction of sp³-hybridized carbons (Fsp3) is 0.308. The summed E-state index contributed by atoms with van der Waals surface area (Å²) in [6.07, 6.45) is 2.45. The quantitative estimate of drug-likeness (QED) is 0.897. The Morgan fingerprint density at radius 1 is 1.39 bits per heavy atom. The summed E-state index contributed by atoms with van der Waals surface area (Å²) in [5, 5.41) is 3.91. The van der Waals surface area contributed by atoms with E-state index in [1.54, 1.807) is 13.2 Å². The van der Waals surface area contributed by atoms with Gasteiger partial charge in [0.15, 0.2) is 11.5 Å². The molecule has 94 valence electrons. The van der Waals surface area contributed by atoms with Crippen molar-refractivity contribution in [1.29, 1.82) is 0 Å². The Bertz CT molecular complexity index is 561. The third-order valence-electron chi connectivity index (χ3n) is 2.81. The summed E-state index contributed by atoms with van der Waals surface area (Å²) in [6.45, 7) is 0. The summed E-state index contributed by atoms with van der Waals surface area (Å²) < 4.78 is 16.1. The zero-order valence-electron chi connectivity index (χ0n) is 10.1. The van der Waals surface area contributed by atoms with Gasteiger partial charge in [-0.2, -0.15) is 0 Å². The van der Waals surface area contributed by atoms with Crippen LogP contribution in [0.3, 0.4) is 0 Å². The van der Waals surface area contributed by atoms with Crippen molar-refractivity contribution in [3.8, 4) is 22.8 Å². The summed E-state index contributed by atoms with van der Waals surface area (Å²) in [7, 11) is 1.62. The second-order valence-electron chi connectivity index (χ2n) is 4.27. The van der Waals surface area contributed by atoms with E-state index in [1.165, 1.54) is 0 Å². The largest absolute Gasteiger partial charge is 0.493 e. The minimum absolute atomic E-state index is 0.282. The molecular formula is C13H14N2O3. The van der Waals surface area contributed by atoms with Crippen LogP contribution >= 0.6 is 0 Å². The number of methoxy groups -OCH3 is 1. The first-order valence-electron chi connectivity index (χ1n) is 5.84. The van der Waals surface area contributed by atoms with Crippen LogP contribution in [0.2, 0.25) is 0 Å². The number of rotatable bonds is 4. The van der Waals surface area contributed by atoms with E-state index >= 15 is 0 Å². The van der Waals surface area contributed by atoms with Gasteiger partial charge in [-0.1, -0.05) is 11.2 Å². The van der Waals surface area contributed by atoms with Crippen molar-refractivity contribution < 1.29 is 14.0 Å². The first kappa shape index (κ1) is 11.0. The lowest BCUT2D eigenvalue weighted by Gasteiger charge is -2.13. The van der Waals surface area contributed by atoms with E-state index in [4.69, 9.17) is 19.7 Å². The summed E-state index contributed by atoms with van der Waals surface area (Å²) in [4.78, 5) is 0. The number of nitrogen functional groups attached to an aromatic ring is 1. The summed E-state index contributed by atoms with van der Waals surface area (Å²) in [5.41, 5.74) is 7.04. The number of para-hydroxylation sites is 1. The van der Waals surface area contributed by atoms with Crippen LogP contribution < -0.4 is 15.2 Å². The fourth-order valence-electron chi connectivity index (χ4n) is 1.77. The molecule has 0 bridgehead atoms. The van der Waals surface area contributed by atoms with Crippen molar-refractivity contribution in [3.63, 3.8) is 0 Å². The molecule has 2 N–H and O–H groups in total. The van der Waals surface area contributed by atoms with Crippen LogP contribution in [-0.2, 0) is 0 Å². The number of anilines is 1. The highest BCUT2D eigenvalue weighted by Crippen LogP contribution is 2.41. The highest BCUT2D eigenvalue weighted by atomic mass is 16.5. The Balaban J connectivity index is 2.06. The first-order valence-corrected chi connectivity index (χ1v) is 5.84. The van der Waals surface area contributed by atoms with Crippen molar-refractivity contribution in [2.24, 2.45) is 0 Å². The maximum atomic E-state index is 5.89. The molecule has 0 amide bonds. The lowest BCUT2D eigenvalue weighted by Crippen LogP contribution is -2.00. The molecular weight excluding hydrogens is 232 g/mol. The molecule has 0 unspecified atom stereocenters. The molecule has 0 spiro atoms. The van der Waals surface area contributed by atoms with E-state index in [1.807, 2.05) is 18.2 Å². The van der Waals surface area contributed by atoms with Crippen molar-refractivity contribution >= 4 is 5.88 Å². The van der Waals surface area contributed by atoms with Crippen LogP contribution in [-0.4, -0.2) is 18.4 Å². The zero-order chi connectivity index (χ0) is 12.5. The Hall–Kier alpha value is -2.17. The number of nitrogens with two attached hydrogens (primary N) is 1. The van der Waals surface area contributed by atoms with E-state index < -0.39 is 0 Å². The van der Waals surface area contributed by atoms with E-state index in [0.29, 0.717) is 17.2 Å². The lowest BCUT2D eigenvalue weighted by molar-refractivity contribution is 0.283. The molecule has 3 rings (SSSR count). The van der Waals surface area contributed by atoms with Gasteiger partial charge in [0.25, 0.3) is 0 Å². The van der Waals surface area contributed by atoms with Crippen LogP contribution in [0.4, 0.5) is 5.88 Å². The number of ether oxygens (including phenoxy) is 2. The smallest absolute Gasteiger partial charge is 0.222 e. The number of hydrogen-bond donors (Lipinski definition) is 1. The van der Waals surface area contributed by atoms with Gasteiger partial charge >= 0.3 is 0 Å². The Kier molecular flexibility index (Phi) is 2.59. The van der Waals surface area contributed by atoms with Gasteiger partial charge in [-0.05, 0) is 25.0 Å². The molecule has 5 nitrogen and oxygen atoms in total. The summed E-state index contributed by atoms with van der Waals surface area (Å²) in [5.74, 6) is 1.68. The molecule has 1 heterocycles. The monoisotopic (exact) mass is 246 g/mol. The first-order chi connectivity index (χ1) is 8.78. The minimum Gasteiger partial charge on any atom is -0.493 e. The van der Waals surface area contributed by atoms with Crippen LogP contribution in [0.15, 0.2) is 28.8 Å². The molecule has 0 radical (unpaired) electrons. The number of hydrogen-bond acceptors (Lipinski definition) is 5. The Labute approximate surface area is 104 Å². The molecule has 1 aliphatic rings. The molecule has 1 aromatic heterocycles. The van der Waals surface area contributed by atoms with E-state index in [9.17, 15) is 0 Å². The number of benzene rings is 1. The molecule has 18 heavy (non-hydrogen) atoms. The predicted octanol–water partition coefficient (Wildman–Crippen LogP) is 2.47. The molecule has 0 atom stereocenters. The Morgan fingerprint density at radius 2 is 2.22 bits per heavy atom. The van der Waals surface area contributed by atoms with Gasteiger partial charge in [0, 0.05) is 11.6 Å². The fourth-order valence-corrected chi connectivity index (χ4v) is 1.77. The molecule has 0 saturated heterocycles. The van der Waals surface area contributed by atoms with Gasteiger partial charge in [-0.25, -0.2) is 0 Å². The summed E-state index contributed by atoms with van der Waals surface area (Å²) >= 11 is 0. The van der Waals surface area contributed by atoms with Crippen molar-refractivity contribution in [3.05, 3.63) is 24.3 Å². The normalized spacial score (nSPS) is 14.5. The van der Waals surface area contributed by atoms with Crippen LogP contribution in [0.25, 0.3) is 11.3 Å². The SMILES string of the molecule is COc1cccc(-c2cc(N)on2)c1OC1CC1. The molecule has 1 saturated carbocycles. The van der Waals surface area contributed by atoms with Gasteiger partial charge in [0.05, 0.1) is 13.2 Å². The molecule has 1 aliphatic carbocycles. The number of nitrogens with zero attached hydrogens (tertiary/aromatic N) is 1. The van der Waals surface area contributed by atoms with Gasteiger partial charge in [-0.3, -0.25) is 0 Å². The average molecular weight is 246 g/mol. The highest BCUT2D eigenvalue weighted by Gasteiger charge is 2.27. The van der Waals surface area contributed by atoms with Crippen molar-refractivity contribution in [1.82, 2.24) is 5.16 Å². The second kappa shape index (κ2) is 4.25. The van der Waals surface area contributed by atoms with Gasteiger partial charge < -0.3 is 19.7 Å². The maximum Gasteiger partial charge on any atom is 0.222 e. The van der Waals surface area contributed by atoms with Crippen LogP contribution in [0.1, 0.15) is 12.8 Å². The van der Waals surface area contributed by atoms with E-state index in [-0.39, 0.29) is 12.0 Å². The zero-order valence-corrected chi connectivity index (χ0v) is 10.1. The highest BCUT2D eigenvalue weighted by molar-refractivity contribution is 5.72. The van der Waals surface area contributed by atoms with Crippen molar-refractivity contribution in [2.75, 3.05) is 12.8 Å². The summed E-state index contributed by atoms with van der Waals surface area (Å²) in [6, 6.07) is 7.34. The number of aromatic nitrogens is 1. The van der Waals surface area contributed by atoms with E-state index in [2.05, 4.69) is 5.16 Å². The van der Waals surface area contributed by atoms with Gasteiger partial charge in [0.1, 0.15) is 5.69 Å². The standard InChI is InChI=1S/C13H14N2O3/c1-16-11-4-2-3-9(10-7-12(14)18-15-10)13(11)17-8-5-6-8/h2-4,7-8H,5-6,14H2,1H3. The third-order valence-corrected chi connectivity index (χ3v) is 2.81. The molecule has 2 aromatic rings. The topological polar surface area (TPSA) is 70.5 Å². The van der Waals surface area contributed by atoms with E-state index in [0.717, 1.165) is 18.4 Å². The van der Waals surface area contributed by atoms with Crippen LogP contribution in [0, 0.1) is 0 Å². The van der Waals surface area contributed by atoms with Crippen molar-refractivity contribution in [2.45, 2.75) is 18.9 Å². The Morgan fingerprint density at radius 3 is 2.83 bits per heavy atom. The predicted molar refractivity (Wildman–Crippen MR) is 66.6 cm³/mol. The average Bonchev–Trinajstić information content (AvgIpc) is 3.09. The maximum absolute atomic E-state index is 5.89. The minimum atomic E-state index is 0.282. The molecule has 0 aliphatic heterocycles. The second-order valence-corrected chi connectivity index (χ2v) is 4.27. The lowest BCUT2D eigenvalue weighted by atomic mass is 10.1.